The van der Waals surface area contributed by atoms with Crippen molar-refractivity contribution in [2.24, 2.45) is 0 Å². The molecule has 0 saturated heterocycles. The quantitative estimate of drug-likeness (QED) is 0.461. The summed E-state index contributed by atoms with van der Waals surface area (Å²) in [4.78, 5) is 21.0. The number of benzene rings is 2. The van der Waals surface area contributed by atoms with E-state index >= 15 is 0 Å². The standard InChI is InChI=1S/C20H13FN6OS/c21-16-7-13(27-20(28)26-12-3-1-2-11(6-12)8-22)4-5-14(16)15-9-29-19-17(15)18(23)24-10-25-19/h1-7,9-10H,(H2,23,24,25)(H2,26,27,28). The number of aromatic nitrogens is 2. The number of nitrogens with two attached hydrogens (primary N) is 1. The maximum absolute atomic E-state index is 14.8. The number of fused-ring (bicyclic) bond motifs is 1. The molecule has 0 bridgehead atoms. The van der Waals surface area contributed by atoms with E-state index in [2.05, 4.69) is 20.6 Å². The van der Waals surface area contributed by atoms with Crippen molar-refractivity contribution in [1.82, 2.24) is 9.97 Å². The highest BCUT2D eigenvalue weighted by atomic mass is 32.1. The van der Waals surface area contributed by atoms with Crippen LogP contribution in [0.4, 0.5) is 26.4 Å². The van der Waals surface area contributed by atoms with Crippen LogP contribution >= 0.6 is 11.3 Å². The van der Waals surface area contributed by atoms with Crippen molar-refractivity contribution in [3.05, 3.63) is 65.6 Å². The lowest BCUT2D eigenvalue weighted by molar-refractivity contribution is 0.262. The average molecular weight is 404 g/mol. The van der Waals surface area contributed by atoms with Crippen LogP contribution in [0.3, 0.4) is 0 Å². The van der Waals surface area contributed by atoms with Gasteiger partial charge in [0.2, 0.25) is 0 Å². The van der Waals surface area contributed by atoms with Crippen molar-refractivity contribution < 1.29 is 9.18 Å². The number of amides is 2. The zero-order chi connectivity index (χ0) is 20.4. The molecule has 0 atom stereocenters. The highest BCUT2D eigenvalue weighted by molar-refractivity contribution is 7.17. The fourth-order valence-electron chi connectivity index (χ4n) is 2.87. The number of nitriles is 1. The molecule has 9 heteroatoms. The Labute approximate surface area is 168 Å². The second kappa shape index (κ2) is 7.53. The van der Waals surface area contributed by atoms with Gasteiger partial charge in [-0.05, 0) is 36.4 Å². The molecule has 7 nitrogen and oxygen atoms in total. The maximum atomic E-state index is 14.8. The van der Waals surface area contributed by atoms with Crippen LogP contribution in [0.1, 0.15) is 5.56 Å². The lowest BCUT2D eigenvalue weighted by atomic mass is 10.0. The number of hydrogen-bond donors (Lipinski definition) is 3. The number of hydrogen-bond acceptors (Lipinski definition) is 6. The van der Waals surface area contributed by atoms with E-state index in [1.165, 1.54) is 29.8 Å². The summed E-state index contributed by atoms with van der Waals surface area (Å²) >= 11 is 1.35. The van der Waals surface area contributed by atoms with Crippen molar-refractivity contribution in [3.63, 3.8) is 0 Å². The predicted molar refractivity (Wildman–Crippen MR) is 111 cm³/mol. The van der Waals surface area contributed by atoms with E-state index in [9.17, 15) is 9.18 Å². The number of nitrogens with one attached hydrogen (secondary N) is 2. The van der Waals surface area contributed by atoms with Crippen molar-refractivity contribution >= 4 is 44.8 Å². The van der Waals surface area contributed by atoms with Crippen molar-refractivity contribution in [2.45, 2.75) is 0 Å². The summed E-state index contributed by atoms with van der Waals surface area (Å²) in [6.07, 6.45) is 1.37. The summed E-state index contributed by atoms with van der Waals surface area (Å²) in [7, 11) is 0. The number of carbonyl (C=O) groups excluding carboxylic acids is 1. The Morgan fingerprint density at radius 1 is 1.10 bits per heavy atom. The molecule has 142 valence electrons. The molecule has 0 aliphatic carbocycles. The largest absolute Gasteiger partial charge is 0.383 e. The van der Waals surface area contributed by atoms with Crippen LogP contribution in [-0.4, -0.2) is 16.0 Å². The number of thiophene rings is 1. The second-order valence-corrected chi connectivity index (χ2v) is 6.91. The number of anilines is 3. The van der Waals surface area contributed by atoms with Crippen molar-refractivity contribution in [3.8, 4) is 17.2 Å². The molecule has 0 unspecified atom stereocenters. The Bertz CT molecular complexity index is 1280. The van der Waals surface area contributed by atoms with Gasteiger partial charge in [-0.25, -0.2) is 19.2 Å². The Hall–Kier alpha value is -4.03. The highest BCUT2D eigenvalue weighted by Crippen LogP contribution is 2.37. The molecule has 0 spiro atoms. The van der Waals surface area contributed by atoms with Crippen LogP contribution in [0.5, 0.6) is 0 Å². The number of nitrogen functional groups attached to an aromatic ring is 1. The third-order valence-electron chi connectivity index (χ3n) is 4.17. The van der Waals surface area contributed by atoms with Gasteiger partial charge in [-0.3, -0.25) is 0 Å². The summed E-state index contributed by atoms with van der Waals surface area (Å²) in [5.74, 6) is -0.232. The maximum Gasteiger partial charge on any atom is 0.323 e. The van der Waals surface area contributed by atoms with Gasteiger partial charge in [-0.15, -0.1) is 11.3 Å². The normalized spacial score (nSPS) is 10.5. The number of halogens is 1. The van der Waals surface area contributed by atoms with Crippen LogP contribution in [-0.2, 0) is 0 Å². The van der Waals surface area contributed by atoms with Crippen LogP contribution < -0.4 is 16.4 Å². The molecule has 0 radical (unpaired) electrons. The van der Waals surface area contributed by atoms with Crippen LogP contribution in [0, 0.1) is 17.1 Å². The molecule has 4 aromatic rings. The Morgan fingerprint density at radius 3 is 2.66 bits per heavy atom. The van der Waals surface area contributed by atoms with E-state index < -0.39 is 11.8 Å². The lowest BCUT2D eigenvalue weighted by Crippen LogP contribution is -2.19. The van der Waals surface area contributed by atoms with Gasteiger partial charge < -0.3 is 16.4 Å². The molecule has 0 saturated carbocycles. The SMILES string of the molecule is N#Cc1cccc(NC(=O)Nc2ccc(-c3csc4ncnc(N)c34)c(F)c2)c1. The summed E-state index contributed by atoms with van der Waals surface area (Å²) in [5.41, 5.74) is 8.03. The van der Waals surface area contributed by atoms with Crippen LogP contribution in [0.15, 0.2) is 54.2 Å². The van der Waals surface area contributed by atoms with Gasteiger partial charge >= 0.3 is 6.03 Å². The first-order valence-corrected chi connectivity index (χ1v) is 9.29. The molecule has 4 N–H and O–H groups in total. The van der Waals surface area contributed by atoms with Gasteiger partial charge in [0.1, 0.15) is 22.8 Å². The monoisotopic (exact) mass is 404 g/mol. The molecule has 4 rings (SSSR count). The smallest absolute Gasteiger partial charge is 0.323 e. The molecule has 0 aliphatic rings. The third-order valence-corrected chi connectivity index (χ3v) is 5.05. The molecule has 0 aliphatic heterocycles. The van der Waals surface area contributed by atoms with Gasteiger partial charge in [0.05, 0.1) is 17.0 Å². The minimum absolute atomic E-state index is 0.281. The predicted octanol–water partition coefficient (Wildman–Crippen LogP) is 4.60. The topological polar surface area (TPSA) is 117 Å². The Morgan fingerprint density at radius 2 is 1.90 bits per heavy atom. The van der Waals surface area contributed by atoms with E-state index in [-0.39, 0.29) is 11.5 Å². The van der Waals surface area contributed by atoms with Gasteiger partial charge in [0.25, 0.3) is 0 Å². The van der Waals surface area contributed by atoms with Gasteiger partial charge in [-0.2, -0.15) is 5.26 Å². The van der Waals surface area contributed by atoms with Gasteiger partial charge in [-0.1, -0.05) is 6.07 Å². The Kier molecular flexibility index (Phi) is 4.76. The zero-order valence-corrected chi connectivity index (χ0v) is 15.6. The molecule has 2 aromatic heterocycles. The minimum Gasteiger partial charge on any atom is -0.383 e. The van der Waals surface area contributed by atoms with E-state index in [0.717, 1.165) is 0 Å². The summed E-state index contributed by atoms with van der Waals surface area (Å²) in [6, 6.07) is 12.3. The molecule has 29 heavy (non-hydrogen) atoms. The number of rotatable bonds is 3. The third kappa shape index (κ3) is 3.69. The number of carbonyl (C=O) groups is 1. The summed E-state index contributed by atoms with van der Waals surface area (Å²) in [5, 5.41) is 16.5. The van der Waals surface area contributed by atoms with E-state index in [1.54, 1.807) is 35.7 Å². The second-order valence-electron chi connectivity index (χ2n) is 6.05. The minimum atomic E-state index is -0.550. The highest BCUT2D eigenvalue weighted by Gasteiger charge is 2.15. The number of nitrogens with zero attached hydrogens (tertiary/aromatic N) is 3. The molecule has 0 fully saturated rings. The van der Waals surface area contributed by atoms with Gasteiger partial charge in [0.15, 0.2) is 0 Å². The Balaban J connectivity index is 1.55. The van der Waals surface area contributed by atoms with Crippen molar-refractivity contribution in [1.29, 1.82) is 5.26 Å². The molecule has 2 heterocycles. The lowest BCUT2D eigenvalue weighted by Gasteiger charge is -2.10. The summed E-state index contributed by atoms with van der Waals surface area (Å²) < 4.78 is 14.8. The summed E-state index contributed by atoms with van der Waals surface area (Å²) in [6.45, 7) is 0. The number of urea groups is 1. The first-order chi connectivity index (χ1) is 14.0. The van der Waals surface area contributed by atoms with Gasteiger partial charge in [0, 0.05) is 27.9 Å². The molecular weight excluding hydrogens is 391 g/mol. The van der Waals surface area contributed by atoms with Crippen LogP contribution in [0.25, 0.3) is 21.3 Å². The van der Waals surface area contributed by atoms with E-state index in [0.29, 0.717) is 32.6 Å². The molecular formula is C20H13FN6OS. The van der Waals surface area contributed by atoms with E-state index in [1.807, 2.05) is 6.07 Å². The fraction of sp³-hybridized carbons (Fsp3) is 0. The first kappa shape index (κ1) is 18.3. The zero-order valence-electron chi connectivity index (χ0n) is 14.8. The molecule has 2 amide bonds. The molecule has 2 aromatic carbocycles. The average Bonchev–Trinajstić information content (AvgIpc) is 3.13. The van der Waals surface area contributed by atoms with E-state index in [4.69, 9.17) is 11.0 Å². The van der Waals surface area contributed by atoms with Crippen molar-refractivity contribution in [2.75, 3.05) is 16.4 Å². The first-order valence-electron chi connectivity index (χ1n) is 8.41. The van der Waals surface area contributed by atoms with Crippen LogP contribution in [0.2, 0.25) is 0 Å². The fourth-order valence-corrected chi connectivity index (χ4v) is 3.78.